The minimum Gasteiger partial charge on any atom is -0.324 e. The Kier molecular flexibility index (Phi) is 7.28. The maximum atomic E-state index is 13.7. The number of aryl methyl sites for hydroxylation is 3. The van der Waals surface area contributed by atoms with Gasteiger partial charge in [0.1, 0.15) is 6.54 Å². The second-order valence-corrected chi connectivity index (χ2v) is 10.6. The Balaban J connectivity index is 2.04. The van der Waals surface area contributed by atoms with Gasteiger partial charge in [-0.25, -0.2) is 8.42 Å². The minimum absolute atomic E-state index is 0.153. The Morgan fingerprint density at radius 3 is 2.12 bits per heavy atom. The molecule has 0 unspecified atom stereocenters. The zero-order valence-corrected chi connectivity index (χ0v) is 21.0. The van der Waals surface area contributed by atoms with Gasteiger partial charge in [-0.15, -0.1) is 0 Å². The summed E-state index contributed by atoms with van der Waals surface area (Å²) in [6, 6.07) is 18.1. The van der Waals surface area contributed by atoms with E-state index in [-0.39, 0.29) is 23.3 Å². The van der Waals surface area contributed by atoms with Crippen LogP contribution in [0.5, 0.6) is 0 Å². The standard InChI is InChI=1S/C27H32N2O3S/c1-18(2)24-11-7-10-21(5)27(24)28-26(30)17-29(25-12-8-9-20(4)22(25)6)33(31,32)23-15-13-19(3)14-16-23/h7-16,18H,17H2,1-6H3,(H,28,30). The molecule has 0 heterocycles. The smallest absolute Gasteiger partial charge is 0.264 e. The van der Waals surface area contributed by atoms with Crippen LogP contribution in [0.15, 0.2) is 65.6 Å². The highest BCUT2D eigenvalue weighted by atomic mass is 32.2. The number of para-hydroxylation sites is 1. The van der Waals surface area contributed by atoms with Crippen molar-refractivity contribution in [1.82, 2.24) is 0 Å². The molecule has 3 aromatic carbocycles. The third-order valence-electron chi connectivity index (χ3n) is 5.93. The van der Waals surface area contributed by atoms with Crippen molar-refractivity contribution in [2.75, 3.05) is 16.2 Å². The maximum absolute atomic E-state index is 13.7. The third kappa shape index (κ3) is 5.28. The molecule has 0 aliphatic carbocycles. The predicted octanol–water partition coefficient (Wildman–Crippen LogP) is 5.88. The first kappa shape index (κ1) is 24.5. The lowest BCUT2D eigenvalue weighted by atomic mass is 9.98. The van der Waals surface area contributed by atoms with Gasteiger partial charge in [0.05, 0.1) is 10.6 Å². The zero-order valence-electron chi connectivity index (χ0n) is 20.1. The molecule has 33 heavy (non-hydrogen) atoms. The number of carbonyl (C=O) groups is 1. The summed E-state index contributed by atoms with van der Waals surface area (Å²) in [4.78, 5) is 13.4. The summed E-state index contributed by atoms with van der Waals surface area (Å²) in [5.41, 5.74) is 5.94. The Labute approximate surface area is 197 Å². The van der Waals surface area contributed by atoms with Crippen LogP contribution < -0.4 is 9.62 Å². The van der Waals surface area contributed by atoms with Crippen LogP contribution in [-0.4, -0.2) is 20.9 Å². The fourth-order valence-electron chi connectivity index (χ4n) is 3.79. The Bertz CT molecular complexity index is 1260. The SMILES string of the molecule is Cc1ccc(S(=O)(=O)N(CC(=O)Nc2c(C)cccc2C(C)C)c2cccc(C)c2C)cc1. The highest BCUT2D eigenvalue weighted by Gasteiger charge is 2.29. The summed E-state index contributed by atoms with van der Waals surface area (Å²) in [6.45, 7) is 11.4. The molecule has 174 valence electrons. The molecule has 0 spiro atoms. The van der Waals surface area contributed by atoms with Gasteiger partial charge < -0.3 is 5.32 Å². The average Bonchev–Trinajstić information content (AvgIpc) is 2.75. The van der Waals surface area contributed by atoms with E-state index in [1.165, 1.54) is 4.31 Å². The van der Waals surface area contributed by atoms with Gasteiger partial charge in [-0.3, -0.25) is 9.10 Å². The quantitative estimate of drug-likeness (QED) is 0.475. The van der Waals surface area contributed by atoms with Gasteiger partial charge in [0.25, 0.3) is 10.0 Å². The van der Waals surface area contributed by atoms with E-state index in [1.54, 1.807) is 30.3 Å². The van der Waals surface area contributed by atoms with Crippen LogP contribution in [-0.2, 0) is 14.8 Å². The lowest BCUT2D eigenvalue weighted by Gasteiger charge is -2.27. The summed E-state index contributed by atoms with van der Waals surface area (Å²) >= 11 is 0. The molecule has 0 aromatic heterocycles. The second-order valence-electron chi connectivity index (χ2n) is 8.79. The van der Waals surface area contributed by atoms with E-state index in [9.17, 15) is 13.2 Å². The van der Waals surface area contributed by atoms with Crippen molar-refractivity contribution in [1.29, 1.82) is 0 Å². The molecule has 0 aliphatic rings. The van der Waals surface area contributed by atoms with Gasteiger partial charge in [0.15, 0.2) is 0 Å². The summed E-state index contributed by atoms with van der Waals surface area (Å²) < 4.78 is 28.6. The molecule has 5 nitrogen and oxygen atoms in total. The number of benzene rings is 3. The molecule has 0 radical (unpaired) electrons. The lowest BCUT2D eigenvalue weighted by molar-refractivity contribution is -0.114. The highest BCUT2D eigenvalue weighted by Crippen LogP contribution is 2.30. The van der Waals surface area contributed by atoms with E-state index in [0.29, 0.717) is 5.69 Å². The summed E-state index contributed by atoms with van der Waals surface area (Å²) in [5, 5.41) is 2.98. The lowest BCUT2D eigenvalue weighted by Crippen LogP contribution is -2.39. The number of hydrogen-bond donors (Lipinski definition) is 1. The molecule has 3 aromatic rings. The van der Waals surface area contributed by atoms with Crippen molar-refractivity contribution >= 4 is 27.3 Å². The number of nitrogens with zero attached hydrogens (tertiary/aromatic N) is 1. The molecular formula is C27H32N2O3S. The van der Waals surface area contributed by atoms with Crippen LogP contribution in [0.3, 0.4) is 0 Å². The summed E-state index contributed by atoms with van der Waals surface area (Å²) in [5.74, 6) is -0.172. The van der Waals surface area contributed by atoms with Gasteiger partial charge in [-0.2, -0.15) is 0 Å². The zero-order chi connectivity index (χ0) is 24.3. The minimum atomic E-state index is -3.96. The van der Waals surface area contributed by atoms with Crippen molar-refractivity contribution in [3.05, 3.63) is 88.5 Å². The molecule has 0 aliphatic heterocycles. The van der Waals surface area contributed by atoms with Crippen LogP contribution in [0.1, 0.15) is 47.6 Å². The van der Waals surface area contributed by atoms with Crippen molar-refractivity contribution in [2.45, 2.75) is 52.4 Å². The van der Waals surface area contributed by atoms with E-state index in [2.05, 4.69) is 19.2 Å². The Hall–Kier alpha value is -3.12. The van der Waals surface area contributed by atoms with Gasteiger partial charge in [-0.05, 0) is 74.1 Å². The van der Waals surface area contributed by atoms with Crippen LogP contribution >= 0.6 is 0 Å². The topological polar surface area (TPSA) is 66.5 Å². The number of nitrogens with one attached hydrogen (secondary N) is 1. The third-order valence-corrected chi connectivity index (χ3v) is 7.71. The van der Waals surface area contributed by atoms with Gasteiger partial charge in [0.2, 0.25) is 5.91 Å². The number of amides is 1. The fraction of sp³-hybridized carbons (Fsp3) is 0.296. The molecule has 3 rings (SSSR count). The molecule has 6 heteroatoms. The normalized spacial score (nSPS) is 11.5. The highest BCUT2D eigenvalue weighted by molar-refractivity contribution is 7.92. The Morgan fingerprint density at radius 1 is 0.879 bits per heavy atom. The molecule has 0 atom stereocenters. The van der Waals surface area contributed by atoms with Gasteiger partial charge >= 0.3 is 0 Å². The Morgan fingerprint density at radius 2 is 1.48 bits per heavy atom. The molecule has 1 N–H and O–H groups in total. The number of carbonyl (C=O) groups excluding carboxylic acids is 1. The van der Waals surface area contributed by atoms with E-state index in [1.807, 2.05) is 58.0 Å². The summed E-state index contributed by atoms with van der Waals surface area (Å²) in [7, 11) is -3.96. The first-order chi connectivity index (χ1) is 15.5. The number of sulfonamides is 1. The van der Waals surface area contributed by atoms with E-state index >= 15 is 0 Å². The second kappa shape index (κ2) is 9.79. The number of anilines is 2. The monoisotopic (exact) mass is 464 g/mol. The van der Waals surface area contributed by atoms with Crippen LogP contribution in [0.25, 0.3) is 0 Å². The van der Waals surface area contributed by atoms with Crippen molar-refractivity contribution in [2.24, 2.45) is 0 Å². The molecule has 0 bridgehead atoms. The average molecular weight is 465 g/mol. The van der Waals surface area contributed by atoms with Crippen LogP contribution in [0, 0.1) is 27.7 Å². The van der Waals surface area contributed by atoms with Crippen LogP contribution in [0.4, 0.5) is 11.4 Å². The van der Waals surface area contributed by atoms with E-state index in [4.69, 9.17) is 0 Å². The molecular weight excluding hydrogens is 432 g/mol. The number of hydrogen-bond acceptors (Lipinski definition) is 3. The first-order valence-electron chi connectivity index (χ1n) is 11.1. The summed E-state index contributed by atoms with van der Waals surface area (Å²) in [6.07, 6.45) is 0. The molecule has 0 saturated heterocycles. The largest absolute Gasteiger partial charge is 0.324 e. The van der Waals surface area contributed by atoms with Crippen molar-refractivity contribution in [3.63, 3.8) is 0 Å². The van der Waals surface area contributed by atoms with Crippen molar-refractivity contribution in [3.8, 4) is 0 Å². The van der Waals surface area contributed by atoms with E-state index < -0.39 is 10.0 Å². The first-order valence-corrected chi connectivity index (χ1v) is 12.5. The van der Waals surface area contributed by atoms with Crippen molar-refractivity contribution < 1.29 is 13.2 Å². The van der Waals surface area contributed by atoms with Crippen LogP contribution in [0.2, 0.25) is 0 Å². The fourth-order valence-corrected chi connectivity index (χ4v) is 5.27. The van der Waals surface area contributed by atoms with Gasteiger partial charge in [-0.1, -0.05) is 61.9 Å². The molecule has 0 fully saturated rings. The molecule has 0 saturated carbocycles. The molecule has 1 amide bonds. The van der Waals surface area contributed by atoms with Gasteiger partial charge in [0, 0.05) is 5.69 Å². The number of rotatable bonds is 7. The van der Waals surface area contributed by atoms with E-state index in [0.717, 1.165) is 33.5 Å². The predicted molar refractivity (Wildman–Crippen MR) is 136 cm³/mol. The maximum Gasteiger partial charge on any atom is 0.264 e.